The average molecular weight is 392 g/mol. The first-order chi connectivity index (χ1) is 14.1. The molecule has 0 unspecified atom stereocenters. The molecule has 0 bridgehead atoms. The average Bonchev–Trinajstić information content (AvgIpc) is 2.75. The molecule has 0 N–H and O–H groups in total. The molecule has 150 valence electrons. The molecule has 4 rings (SSSR count). The standard InChI is InChI=1S/C24H24O5/c1-2-16-3-8-19(9-4-16)27-20-10-5-17(6-11-20)24(26)28-21-12-13-22-18(15-21)7-14-23(25)29-22/h5-7,10-16,19H,2-4,8-9H2,1H3. The third-order valence-corrected chi connectivity index (χ3v) is 5.57. The van der Waals surface area contributed by atoms with Crippen molar-refractivity contribution in [3.8, 4) is 11.5 Å². The fourth-order valence-corrected chi connectivity index (χ4v) is 3.80. The van der Waals surface area contributed by atoms with Gasteiger partial charge in [0.1, 0.15) is 17.1 Å². The van der Waals surface area contributed by atoms with E-state index in [4.69, 9.17) is 13.9 Å². The van der Waals surface area contributed by atoms with Crippen LogP contribution in [0.3, 0.4) is 0 Å². The van der Waals surface area contributed by atoms with Crippen molar-refractivity contribution in [2.24, 2.45) is 5.92 Å². The number of carbonyl (C=O) groups is 1. The van der Waals surface area contributed by atoms with Crippen LogP contribution in [0.15, 0.2) is 63.8 Å². The molecule has 1 aliphatic carbocycles. The molecule has 1 heterocycles. The van der Waals surface area contributed by atoms with Crippen LogP contribution in [0.2, 0.25) is 0 Å². The second kappa shape index (κ2) is 8.52. The van der Waals surface area contributed by atoms with Gasteiger partial charge in [0.05, 0.1) is 11.7 Å². The minimum absolute atomic E-state index is 0.258. The molecule has 1 aromatic heterocycles. The maximum Gasteiger partial charge on any atom is 0.343 e. The number of hydrogen-bond donors (Lipinski definition) is 0. The van der Waals surface area contributed by atoms with Gasteiger partial charge in [-0.2, -0.15) is 0 Å². The molecular weight excluding hydrogens is 368 g/mol. The Kier molecular flexibility index (Phi) is 5.65. The summed E-state index contributed by atoms with van der Waals surface area (Å²) in [5, 5.41) is 0.691. The Hall–Kier alpha value is -3.08. The van der Waals surface area contributed by atoms with Crippen molar-refractivity contribution in [3.05, 3.63) is 70.6 Å². The summed E-state index contributed by atoms with van der Waals surface area (Å²) in [6, 6.07) is 14.9. The highest BCUT2D eigenvalue weighted by Crippen LogP contribution is 2.29. The van der Waals surface area contributed by atoms with Gasteiger partial charge in [0, 0.05) is 11.5 Å². The van der Waals surface area contributed by atoms with Gasteiger partial charge >= 0.3 is 11.6 Å². The quantitative estimate of drug-likeness (QED) is 0.332. The summed E-state index contributed by atoms with van der Waals surface area (Å²) < 4.78 is 16.6. The number of carbonyl (C=O) groups excluding carboxylic acids is 1. The molecule has 0 atom stereocenters. The highest BCUT2D eigenvalue weighted by Gasteiger charge is 2.21. The zero-order chi connectivity index (χ0) is 20.2. The highest BCUT2D eigenvalue weighted by atomic mass is 16.5. The van der Waals surface area contributed by atoms with Crippen molar-refractivity contribution in [2.75, 3.05) is 0 Å². The van der Waals surface area contributed by atoms with Gasteiger partial charge in [0.2, 0.25) is 0 Å². The van der Waals surface area contributed by atoms with Gasteiger partial charge in [-0.3, -0.25) is 0 Å². The first-order valence-corrected chi connectivity index (χ1v) is 10.1. The van der Waals surface area contributed by atoms with E-state index in [-0.39, 0.29) is 6.10 Å². The smallest absolute Gasteiger partial charge is 0.343 e. The van der Waals surface area contributed by atoms with Crippen LogP contribution >= 0.6 is 0 Å². The van der Waals surface area contributed by atoms with Crippen LogP contribution in [0.5, 0.6) is 11.5 Å². The van der Waals surface area contributed by atoms with Crippen molar-refractivity contribution >= 4 is 16.9 Å². The summed E-state index contributed by atoms with van der Waals surface area (Å²) in [6.07, 6.45) is 6.12. The Morgan fingerprint density at radius 2 is 1.69 bits per heavy atom. The Morgan fingerprint density at radius 3 is 2.41 bits per heavy atom. The summed E-state index contributed by atoms with van der Waals surface area (Å²) in [4.78, 5) is 23.7. The zero-order valence-corrected chi connectivity index (χ0v) is 16.4. The third kappa shape index (κ3) is 4.67. The van der Waals surface area contributed by atoms with E-state index in [0.717, 1.165) is 24.5 Å². The van der Waals surface area contributed by atoms with E-state index < -0.39 is 11.6 Å². The maximum atomic E-state index is 12.4. The van der Waals surface area contributed by atoms with Crippen molar-refractivity contribution in [3.63, 3.8) is 0 Å². The fraction of sp³-hybridized carbons (Fsp3) is 0.333. The summed E-state index contributed by atoms with van der Waals surface area (Å²) in [5.74, 6) is 1.56. The Balaban J connectivity index is 1.38. The molecule has 0 radical (unpaired) electrons. The van der Waals surface area contributed by atoms with Crippen LogP contribution in [0, 0.1) is 5.92 Å². The topological polar surface area (TPSA) is 65.7 Å². The van der Waals surface area contributed by atoms with E-state index in [9.17, 15) is 9.59 Å². The molecule has 1 fully saturated rings. The van der Waals surface area contributed by atoms with Gasteiger partial charge in [0.15, 0.2) is 0 Å². The van der Waals surface area contributed by atoms with Gasteiger partial charge in [-0.05, 0) is 80.1 Å². The summed E-state index contributed by atoms with van der Waals surface area (Å²) in [5.41, 5.74) is 0.487. The Labute approximate surface area is 169 Å². The number of hydrogen-bond acceptors (Lipinski definition) is 5. The molecule has 1 aliphatic rings. The normalized spacial score (nSPS) is 19.1. The molecule has 2 aromatic carbocycles. The van der Waals surface area contributed by atoms with Crippen LogP contribution in [0.25, 0.3) is 11.0 Å². The van der Waals surface area contributed by atoms with Gasteiger partial charge in [-0.1, -0.05) is 13.3 Å². The van der Waals surface area contributed by atoms with E-state index in [1.54, 1.807) is 36.4 Å². The lowest BCUT2D eigenvalue weighted by Crippen LogP contribution is -2.23. The predicted molar refractivity (Wildman–Crippen MR) is 111 cm³/mol. The van der Waals surface area contributed by atoms with Crippen LogP contribution in [-0.4, -0.2) is 12.1 Å². The molecule has 5 nitrogen and oxygen atoms in total. The molecular formula is C24H24O5. The van der Waals surface area contributed by atoms with E-state index in [1.165, 1.54) is 25.3 Å². The third-order valence-electron chi connectivity index (χ3n) is 5.57. The van der Waals surface area contributed by atoms with E-state index in [0.29, 0.717) is 22.3 Å². The lowest BCUT2D eigenvalue weighted by Gasteiger charge is -2.28. The monoisotopic (exact) mass is 392 g/mol. The number of benzene rings is 2. The van der Waals surface area contributed by atoms with E-state index >= 15 is 0 Å². The zero-order valence-electron chi connectivity index (χ0n) is 16.4. The van der Waals surface area contributed by atoms with Crippen molar-refractivity contribution in [1.29, 1.82) is 0 Å². The van der Waals surface area contributed by atoms with Crippen LogP contribution in [0.1, 0.15) is 49.4 Å². The maximum absolute atomic E-state index is 12.4. The first kappa shape index (κ1) is 19.2. The lowest BCUT2D eigenvalue weighted by atomic mass is 9.86. The Morgan fingerprint density at radius 1 is 0.966 bits per heavy atom. The molecule has 1 saturated carbocycles. The number of esters is 1. The largest absolute Gasteiger partial charge is 0.490 e. The second-order valence-electron chi connectivity index (χ2n) is 7.54. The molecule has 5 heteroatoms. The van der Waals surface area contributed by atoms with Crippen LogP contribution < -0.4 is 15.1 Å². The fourth-order valence-electron chi connectivity index (χ4n) is 3.80. The minimum atomic E-state index is -0.447. The number of rotatable bonds is 5. The van der Waals surface area contributed by atoms with E-state index in [1.807, 2.05) is 12.1 Å². The molecule has 3 aromatic rings. The van der Waals surface area contributed by atoms with Gasteiger partial charge in [-0.25, -0.2) is 9.59 Å². The van der Waals surface area contributed by atoms with Crippen molar-refractivity contribution in [1.82, 2.24) is 0 Å². The molecule has 0 aliphatic heterocycles. The van der Waals surface area contributed by atoms with Gasteiger partial charge in [0.25, 0.3) is 0 Å². The molecule has 0 spiro atoms. The summed E-state index contributed by atoms with van der Waals surface area (Å²) in [7, 11) is 0. The second-order valence-corrected chi connectivity index (χ2v) is 7.54. The Bertz CT molecular complexity index is 1040. The predicted octanol–water partition coefficient (Wildman–Crippen LogP) is 5.36. The van der Waals surface area contributed by atoms with Crippen molar-refractivity contribution in [2.45, 2.75) is 45.1 Å². The molecule has 0 saturated heterocycles. The van der Waals surface area contributed by atoms with Gasteiger partial charge in [-0.15, -0.1) is 0 Å². The SMILES string of the molecule is CCC1CCC(Oc2ccc(C(=O)Oc3ccc4oc(=O)ccc4c3)cc2)CC1. The van der Waals surface area contributed by atoms with Crippen LogP contribution in [-0.2, 0) is 0 Å². The molecule has 29 heavy (non-hydrogen) atoms. The highest BCUT2D eigenvalue weighted by molar-refractivity contribution is 5.91. The molecule has 0 amide bonds. The minimum Gasteiger partial charge on any atom is -0.490 e. The summed E-state index contributed by atoms with van der Waals surface area (Å²) in [6.45, 7) is 2.25. The number of ether oxygens (including phenoxy) is 2. The summed E-state index contributed by atoms with van der Waals surface area (Å²) >= 11 is 0. The van der Waals surface area contributed by atoms with Crippen molar-refractivity contribution < 1.29 is 18.7 Å². The van der Waals surface area contributed by atoms with Crippen LogP contribution in [0.4, 0.5) is 0 Å². The first-order valence-electron chi connectivity index (χ1n) is 10.1. The number of fused-ring (bicyclic) bond motifs is 1. The lowest BCUT2D eigenvalue weighted by molar-refractivity contribution is 0.0735. The van der Waals surface area contributed by atoms with Gasteiger partial charge < -0.3 is 13.9 Å². The van der Waals surface area contributed by atoms with E-state index in [2.05, 4.69) is 6.92 Å².